The molecule has 1 amide bonds. The minimum atomic E-state index is -0.167. The zero-order valence-corrected chi connectivity index (χ0v) is 14.3. The van der Waals surface area contributed by atoms with E-state index >= 15 is 0 Å². The zero-order chi connectivity index (χ0) is 17.6. The Hall–Kier alpha value is -3.14. The molecule has 0 unspecified atom stereocenters. The number of ether oxygens (including phenoxy) is 1. The number of amides is 1. The Balaban J connectivity index is 1.78. The van der Waals surface area contributed by atoms with Crippen molar-refractivity contribution in [3.05, 3.63) is 84.1 Å². The van der Waals surface area contributed by atoms with E-state index in [2.05, 4.69) is 24.1 Å². The second-order valence-corrected chi connectivity index (χ2v) is 5.99. The van der Waals surface area contributed by atoms with Gasteiger partial charge in [-0.1, -0.05) is 44.2 Å². The standard InChI is InChI=1S/C21H20N2O2/c1-15(2)18-10-3-4-11-19(18)23-21(24)16-8-7-9-17(14-16)25-20-12-5-6-13-22-20/h3-15H,1-2H3,(H,23,24). The van der Waals surface area contributed by atoms with Gasteiger partial charge in [0.1, 0.15) is 5.75 Å². The quantitative estimate of drug-likeness (QED) is 0.694. The maximum Gasteiger partial charge on any atom is 0.255 e. The molecule has 0 fully saturated rings. The molecule has 1 aromatic heterocycles. The van der Waals surface area contributed by atoms with Gasteiger partial charge in [0.05, 0.1) is 0 Å². The fraction of sp³-hybridized carbons (Fsp3) is 0.143. The molecule has 0 spiro atoms. The minimum absolute atomic E-state index is 0.167. The highest BCUT2D eigenvalue weighted by Crippen LogP contribution is 2.25. The van der Waals surface area contributed by atoms with Gasteiger partial charge in [-0.15, -0.1) is 0 Å². The molecule has 1 N–H and O–H groups in total. The lowest BCUT2D eigenvalue weighted by molar-refractivity contribution is 0.102. The number of pyridine rings is 1. The second kappa shape index (κ2) is 7.62. The third kappa shape index (κ3) is 4.23. The van der Waals surface area contributed by atoms with E-state index in [1.807, 2.05) is 36.4 Å². The van der Waals surface area contributed by atoms with Crippen molar-refractivity contribution in [2.75, 3.05) is 5.32 Å². The number of para-hydroxylation sites is 1. The average molecular weight is 332 g/mol. The molecule has 0 aliphatic carbocycles. The summed E-state index contributed by atoms with van der Waals surface area (Å²) in [5.74, 6) is 1.23. The van der Waals surface area contributed by atoms with E-state index in [1.54, 1.807) is 36.5 Å². The molecule has 0 saturated heterocycles. The number of nitrogens with one attached hydrogen (secondary N) is 1. The van der Waals surface area contributed by atoms with Crippen LogP contribution >= 0.6 is 0 Å². The molecule has 3 rings (SSSR count). The highest BCUT2D eigenvalue weighted by molar-refractivity contribution is 6.04. The van der Waals surface area contributed by atoms with Gasteiger partial charge in [0, 0.05) is 23.5 Å². The molecule has 0 radical (unpaired) electrons. The normalized spacial score (nSPS) is 10.5. The van der Waals surface area contributed by atoms with E-state index in [9.17, 15) is 4.79 Å². The molecule has 0 aliphatic heterocycles. The molecule has 4 heteroatoms. The van der Waals surface area contributed by atoms with Crippen LogP contribution in [-0.4, -0.2) is 10.9 Å². The fourth-order valence-corrected chi connectivity index (χ4v) is 2.54. The molecule has 3 aromatic rings. The van der Waals surface area contributed by atoms with Gasteiger partial charge in [-0.05, 0) is 41.8 Å². The summed E-state index contributed by atoms with van der Waals surface area (Å²) in [7, 11) is 0. The molecular weight excluding hydrogens is 312 g/mol. The van der Waals surface area contributed by atoms with Gasteiger partial charge in [0.25, 0.3) is 5.91 Å². The van der Waals surface area contributed by atoms with Gasteiger partial charge < -0.3 is 10.1 Å². The molecule has 126 valence electrons. The number of benzene rings is 2. The van der Waals surface area contributed by atoms with Crippen LogP contribution < -0.4 is 10.1 Å². The number of nitrogens with zero attached hydrogens (tertiary/aromatic N) is 1. The predicted molar refractivity (Wildman–Crippen MR) is 99.2 cm³/mol. The van der Waals surface area contributed by atoms with E-state index in [-0.39, 0.29) is 5.91 Å². The fourth-order valence-electron chi connectivity index (χ4n) is 2.54. The van der Waals surface area contributed by atoms with Crippen molar-refractivity contribution in [3.8, 4) is 11.6 Å². The first kappa shape index (κ1) is 16.7. The minimum Gasteiger partial charge on any atom is -0.439 e. The summed E-state index contributed by atoms with van der Waals surface area (Å²) in [6, 6.07) is 20.3. The molecule has 0 aliphatic rings. The lowest BCUT2D eigenvalue weighted by atomic mass is 10.0. The Labute approximate surface area is 147 Å². The first-order chi connectivity index (χ1) is 12.1. The van der Waals surface area contributed by atoms with Crippen LogP contribution in [0, 0.1) is 0 Å². The summed E-state index contributed by atoms with van der Waals surface area (Å²) in [6.45, 7) is 4.21. The van der Waals surface area contributed by atoms with Gasteiger partial charge in [-0.25, -0.2) is 4.98 Å². The van der Waals surface area contributed by atoms with Crippen molar-refractivity contribution < 1.29 is 9.53 Å². The number of carbonyl (C=O) groups excluding carboxylic acids is 1. The van der Waals surface area contributed by atoms with E-state index < -0.39 is 0 Å². The smallest absolute Gasteiger partial charge is 0.255 e. The largest absolute Gasteiger partial charge is 0.439 e. The van der Waals surface area contributed by atoms with Gasteiger partial charge in [-0.3, -0.25) is 4.79 Å². The van der Waals surface area contributed by atoms with Crippen molar-refractivity contribution >= 4 is 11.6 Å². The summed E-state index contributed by atoms with van der Waals surface area (Å²) < 4.78 is 5.69. The molecule has 1 heterocycles. The average Bonchev–Trinajstić information content (AvgIpc) is 2.63. The number of hydrogen-bond acceptors (Lipinski definition) is 3. The topological polar surface area (TPSA) is 51.2 Å². The Bertz CT molecular complexity index is 861. The van der Waals surface area contributed by atoms with E-state index in [4.69, 9.17) is 4.74 Å². The number of carbonyl (C=O) groups is 1. The SMILES string of the molecule is CC(C)c1ccccc1NC(=O)c1cccc(Oc2ccccn2)c1. The molecule has 25 heavy (non-hydrogen) atoms. The summed E-state index contributed by atoms with van der Waals surface area (Å²) in [5, 5.41) is 2.99. The Morgan fingerprint density at radius 3 is 2.56 bits per heavy atom. The van der Waals surface area contributed by atoms with Crippen molar-refractivity contribution in [3.63, 3.8) is 0 Å². The first-order valence-electron chi connectivity index (χ1n) is 8.22. The molecule has 0 atom stereocenters. The van der Waals surface area contributed by atoms with Crippen molar-refractivity contribution in [2.45, 2.75) is 19.8 Å². The second-order valence-electron chi connectivity index (χ2n) is 5.99. The van der Waals surface area contributed by atoms with Gasteiger partial charge in [-0.2, -0.15) is 0 Å². The lowest BCUT2D eigenvalue weighted by Gasteiger charge is -2.14. The summed E-state index contributed by atoms with van der Waals surface area (Å²) in [4.78, 5) is 16.7. The van der Waals surface area contributed by atoms with Gasteiger partial charge in [0.15, 0.2) is 0 Å². The molecule has 2 aromatic carbocycles. The van der Waals surface area contributed by atoms with Crippen LogP contribution in [0.15, 0.2) is 72.9 Å². The number of hydrogen-bond donors (Lipinski definition) is 1. The summed E-state index contributed by atoms with van der Waals surface area (Å²) >= 11 is 0. The first-order valence-corrected chi connectivity index (χ1v) is 8.22. The molecule has 0 bridgehead atoms. The molecule has 4 nitrogen and oxygen atoms in total. The van der Waals surface area contributed by atoms with Crippen LogP contribution in [0.5, 0.6) is 11.6 Å². The number of anilines is 1. The van der Waals surface area contributed by atoms with Gasteiger partial charge >= 0.3 is 0 Å². The monoisotopic (exact) mass is 332 g/mol. The van der Waals surface area contributed by atoms with Crippen molar-refractivity contribution in [2.24, 2.45) is 0 Å². The maximum absolute atomic E-state index is 12.6. The Kier molecular flexibility index (Phi) is 5.09. The maximum atomic E-state index is 12.6. The van der Waals surface area contributed by atoms with E-state index in [0.717, 1.165) is 11.3 Å². The van der Waals surface area contributed by atoms with Gasteiger partial charge in [0.2, 0.25) is 5.88 Å². The predicted octanol–water partition coefficient (Wildman–Crippen LogP) is 5.25. The summed E-state index contributed by atoms with van der Waals surface area (Å²) in [5.41, 5.74) is 2.47. The highest BCUT2D eigenvalue weighted by Gasteiger charge is 2.11. The number of aromatic nitrogens is 1. The Morgan fingerprint density at radius 1 is 1.00 bits per heavy atom. The van der Waals surface area contributed by atoms with E-state index in [1.165, 1.54) is 0 Å². The van der Waals surface area contributed by atoms with Crippen LogP contribution in [0.2, 0.25) is 0 Å². The third-order valence-electron chi connectivity index (χ3n) is 3.79. The molecule has 0 saturated carbocycles. The third-order valence-corrected chi connectivity index (χ3v) is 3.79. The lowest BCUT2D eigenvalue weighted by Crippen LogP contribution is -2.13. The van der Waals surface area contributed by atoms with Crippen molar-refractivity contribution in [1.29, 1.82) is 0 Å². The van der Waals surface area contributed by atoms with Crippen molar-refractivity contribution in [1.82, 2.24) is 4.98 Å². The number of rotatable bonds is 5. The highest BCUT2D eigenvalue weighted by atomic mass is 16.5. The molecular formula is C21H20N2O2. The van der Waals surface area contributed by atoms with Crippen LogP contribution in [0.25, 0.3) is 0 Å². The van der Waals surface area contributed by atoms with Crippen LogP contribution in [0.1, 0.15) is 35.7 Å². The zero-order valence-electron chi connectivity index (χ0n) is 14.3. The van der Waals surface area contributed by atoms with Crippen LogP contribution in [0.3, 0.4) is 0 Å². The van der Waals surface area contributed by atoms with E-state index in [0.29, 0.717) is 23.1 Å². The Morgan fingerprint density at radius 2 is 1.80 bits per heavy atom. The summed E-state index contributed by atoms with van der Waals surface area (Å²) in [6.07, 6.45) is 1.66. The van der Waals surface area contributed by atoms with Crippen LogP contribution in [-0.2, 0) is 0 Å². The van der Waals surface area contributed by atoms with Crippen LogP contribution in [0.4, 0.5) is 5.69 Å².